The maximum Gasteiger partial charge on any atom is 0.337 e. The van der Waals surface area contributed by atoms with Crippen molar-refractivity contribution in [2.75, 3.05) is 32.2 Å². The number of amides is 2. The Morgan fingerprint density at radius 1 is 1.19 bits per heavy atom. The van der Waals surface area contributed by atoms with E-state index in [9.17, 15) is 14.7 Å². The number of hydrogen-bond donors (Lipinski definition) is 1. The molecule has 1 aliphatic rings. The van der Waals surface area contributed by atoms with Crippen molar-refractivity contribution in [1.29, 1.82) is 0 Å². The van der Waals surface area contributed by atoms with Crippen LogP contribution in [0.5, 0.6) is 0 Å². The molecule has 1 saturated heterocycles. The molecule has 0 saturated carbocycles. The molecule has 2 amide bonds. The van der Waals surface area contributed by atoms with Crippen LogP contribution in [0.25, 0.3) is 0 Å². The Morgan fingerprint density at radius 3 is 2.43 bits per heavy atom. The lowest BCUT2D eigenvalue weighted by Gasteiger charge is -2.34. The zero-order valence-corrected chi connectivity index (χ0v) is 12.3. The Balaban J connectivity index is 2.17. The molecule has 0 spiro atoms. The lowest BCUT2D eigenvalue weighted by molar-refractivity contribution is 0.0537. The van der Waals surface area contributed by atoms with Crippen LogP contribution in [0.3, 0.4) is 0 Å². The number of hydrogen-bond acceptors (Lipinski definition) is 3. The highest BCUT2D eigenvalue weighted by atomic mass is 16.5. The zero-order valence-electron chi connectivity index (χ0n) is 12.3. The van der Waals surface area contributed by atoms with Crippen LogP contribution < -0.4 is 4.90 Å². The summed E-state index contributed by atoms with van der Waals surface area (Å²) >= 11 is 0. The van der Waals surface area contributed by atoms with E-state index in [1.54, 1.807) is 37.2 Å². The number of rotatable bonds is 3. The van der Waals surface area contributed by atoms with Crippen molar-refractivity contribution in [3.8, 4) is 0 Å². The van der Waals surface area contributed by atoms with Gasteiger partial charge in [-0.05, 0) is 25.0 Å². The number of anilines is 1. The summed E-state index contributed by atoms with van der Waals surface area (Å²) in [6.45, 7) is 1.30. The Morgan fingerprint density at radius 2 is 1.81 bits per heavy atom. The number of nitrogens with zero attached hydrogens (tertiary/aromatic N) is 2. The van der Waals surface area contributed by atoms with Gasteiger partial charge in [0.15, 0.2) is 0 Å². The van der Waals surface area contributed by atoms with Gasteiger partial charge in [-0.2, -0.15) is 0 Å². The SMILES string of the molecule is CN(C(=O)N(C)C1CCOCC1)c1ccccc1C(=O)O. The van der Waals surface area contributed by atoms with Gasteiger partial charge in [0.2, 0.25) is 0 Å². The average Bonchev–Trinajstić information content (AvgIpc) is 2.53. The number of benzene rings is 1. The molecular weight excluding hydrogens is 272 g/mol. The molecule has 1 aliphatic heterocycles. The summed E-state index contributed by atoms with van der Waals surface area (Å²) in [6, 6.07) is 6.42. The van der Waals surface area contributed by atoms with E-state index >= 15 is 0 Å². The van der Waals surface area contributed by atoms with Crippen molar-refractivity contribution in [2.24, 2.45) is 0 Å². The summed E-state index contributed by atoms with van der Waals surface area (Å²) in [5, 5.41) is 9.22. The summed E-state index contributed by atoms with van der Waals surface area (Å²) in [5.41, 5.74) is 0.516. The first-order valence-corrected chi connectivity index (χ1v) is 6.93. The number of para-hydroxylation sites is 1. The highest BCUT2D eigenvalue weighted by Gasteiger charge is 2.26. The third-order valence-electron chi connectivity index (χ3n) is 3.82. The minimum absolute atomic E-state index is 0.119. The molecule has 0 unspecified atom stereocenters. The fraction of sp³-hybridized carbons (Fsp3) is 0.467. The first kappa shape index (κ1) is 15.3. The fourth-order valence-corrected chi connectivity index (χ4v) is 2.52. The van der Waals surface area contributed by atoms with Crippen molar-refractivity contribution in [3.63, 3.8) is 0 Å². The van der Waals surface area contributed by atoms with Crippen LogP contribution in [0.4, 0.5) is 10.5 Å². The van der Waals surface area contributed by atoms with Gasteiger partial charge >= 0.3 is 12.0 Å². The summed E-state index contributed by atoms with van der Waals surface area (Å²) in [6.07, 6.45) is 1.60. The maximum atomic E-state index is 12.5. The lowest BCUT2D eigenvalue weighted by atomic mass is 10.1. The molecule has 6 nitrogen and oxygen atoms in total. The first-order chi connectivity index (χ1) is 10.0. The third-order valence-corrected chi connectivity index (χ3v) is 3.82. The number of carbonyl (C=O) groups excluding carboxylic acids is 1. The van der Waals surface area contributed by atoms with Crippen LogP contribution in [0.2, 0.25) is 0 Å². The molecular formula is C15H20N2O4. The van der Waals surface area contributed by atoms with Gasteiger partial charge in [0.25, 0.3) is 0 Å². The van der Waals surface area contributed by atoms with Crippen LogP contribution in [0.15, 0.2) is 24.3 Å². The first-order valence-electron chi connectivity index (χ1n) is 6.93. The van der Waals surface area contributed by atoms with Crippen LogP contribution >= 0.6 is 0 Å². The lowest BCUT2D eigenvalue weighted by Crippen LogP contribution is -2.46. The van der Waals surface area contributed by atoms with E-state index in [1.807, 2.05) is 0 Å². The Hall–Kier alpha value is -2.08. The number of urea groups is 1. The normalized spacial score (nSPS) is 15.5. The number of aromatic carboxylic acids is 1. The van der Waals surface area contributed by atoms with E-state index in [4.69, 9.17) is 4.74 Å². The number of carboxylic acid groups (broad SMARTS) is 1. The van der Waals surface area contributed by atoms with Gasteiger partial charge < -0.3 is 14.7 Å². The molecule has 0 radical (unpaired) electrons. The van der Waals surface area contributed by atoms with Gasteiger partial charge in [0.1, 0.15) is 0 Å². The Kier molecular flexibility index (Phi) is 4.80. The van der Waals surface area contributed by atoms with Crippen molar-refractivity contribution in [3.05, 3.63) is 29.8 Å². The van der Waals surface area contributed by atoms with Crippen LogP contribution in [0.1, 0.15) is 23.2 Å². The molecule has 1 aromatic carbocycles. The molecule has 1 heterocycles. The van der Waals surface area contributed by atoms with E-state index in [0.717, 1.165) is 12.8 Å². The molecule has 21 heavy (non-hydrogen) atoms. The summed E-state index contributed by atoms with van der Waals surface area (Å²) in [5.74, 6) is -1.04. The quantitative estimate of drug-likeness (QED) is 0.925. The molecule has 114 valence electrons. The van der Waals surface area contributed by atoms with Crippen LogP contribution in [-0.2, 0) is 4.74 Å². The van der Waals surface area contributed by atoms with Crippen LogP contribution in [0, 0.1) is 0 Å². The Bertz CT molecular complexity index is 526. The highest BCUT2D eigenvalue weighted by molar-refractivity contribution is 6.01. The smallest absolute Gasteiger partial charge is 0.337 e. The third kappa shape index (κ3) is 3.33. The molecule has 1 N–H and O–H groups in total. The molecule has 2 rings (SSSR count). The van der Waals surface area contributed by atoms with Crippen molar-refractivity contribution >= 4 is 17.7 Å². The minimum atomic E-state index is -1.04. The minimum Gasteiger partial charge on any atom is -0.478 e. The molecule has 0 atom stereocenters. The molecule has 1 fully saturated rings. The van der Waals surface area contributed by atoms with Crippen molar-refractivity contribution in [2.45, 2.75) is 18.9 Å². The van der Waals surface area contributed by atoms with Gasteiger partial charge in [-0.1, -0.05) is 12.1 Å². The summed E-state index contributed by atoms with van der Waals surface area (Å²) in [7, 11) is 3.35. The molecule has 6 heteroatoms. The van der Waals surface area contributed by atoms with E-state index < -0.39 is 5.97 Å². The number of carboxylic acids is 1. The van der Waals surface area contributed by atoms with Gasteiger partial charge in [0.05, 0.1) is 11.3 Å². The summed E-state index contributed by atoms with van der Waals surface area (Å²) < 4.78 is 5.30. The monoisotopic (exact) mass is 292 g/mol. The second-order valence-corrected chi connectivity index (χ2v) is 5.12. The topological polar surface area (TPSA) is 70.1 Å². The van der Waals surface area contributed by atoms with E-state index in [-0.39, 0.29) is 17.6 Å². The van der Waals surface area contributed by atoms with Crippen LogP contribution in [-0.4, -0.2) is 55.4 Å². The standard InChI is InChI=1S/C15H20N2O4/c1-16(11-7-9-21-10-8-11)15(20)17(2)13-6-4-3-5-12(13)14(18)19/h3-6,11H,7-10H2,1-2H3,(H,18,19). The van der Waals surface area contributed by atoms with Gasteiger partial charge in [-0.3, -0.25) is 4.90 Å². The molecule has 0 aliphatic carbocycles. The molecule has 0 bridgehead atoms. The second-order valence-electron chi connectivity index (χ2n) is 5.12. The van der Waals surface area contributed by atoms with E-state index in [1.165, 1.54) is 11.0 Å². The predicted molar refractivity (Wildman–Crippen MR) is 78.8 cm³/mol. The van der Waals surface area contributed by atoms with Gasteiger partial charge in [-0.25, -0.2) is 9.59 Å². The maximum absolute atomic E-state index is 12.5. The number of carbonyl (C=O) groups is 2. The van der Waals surface area contributed by atoms with Gasteiger partial charge in [0, 0.05) is 33.4 Å². The van der Waals surface area contributed by atoms with Gasteiger partial charge in [-0.15, -0.1) is 0 Å². The molecule has 0 aromatic heterocycles. The number of ether oxygens (including phenoxy) is 1. The highest BCUT2D eigenvalue weighted by Crippen LogP contribution is 2.22. The second kappa shape index (κ2) is 6.58. The zero-order chi connectivity index (χ0) is 15.4. The predicted octanol–water partition coefficient (Wildman–Crippen LogP) is 2.05. The van der Waals surface area contributed by atoms with Crippen molar-refractivity contribution < 1.29 is 19.4 Å². The molecule has 1 aromatic rings. The fourth-order valence-electron chi connectivity index (χ4n) is 2.52. The Labute approximate surface area is 123 Å². The van der Waals surface area contributed by atoms with E-state index in [2.05, 4.69) is 0 Å². The van der Waals surface area contributed by atoms with Crippen molar-refractivity contribution in [1.82, 2.24) is 4.90 Å². The summed E-state index contributed by atoms with van der Waals surface area (Å²) in [4.78, 5) is 26.8. The largest absolute Gasteiger partial charge is 0.478 e. The van der Waals surface area contributed by atoms with E-state index in [0.29, 0.717) is 18.9 Å². The average molecular weight is 292 g/mol.